The zero-order valence-electron chi connectivity index (χ0n) is 10.5. The van der Waals surface area contributed by atoms with Crippen molar-refractivity contribution in [3.8, 4) is 11.4 Å². The van der Waals surface area contributed by atoms with Crippen LogP contribution in [0.2, 0.25) is 0 Å². The van der Waals surface area contributed by atoms with Crippen molar-refractivity contribution >= 4 is 11.6 Å². The molecule has 0 aliphatic carbocycles. The Morgan fingerprint density at radius 1 is 1.35 bits per heavy atom. The Morgan fingerprint density at radius 2 is 2.15 bits per heavy atom. The van der Waals surface area contributed by atoms with Crippen LogP contribution in [0.4, 0.5) is 0 Å². The molecule has 0 aliphatic heterocycles. The summed E-state index contributed by atoms with van der Waals surface area (Å²) in [5.74, 6) is -0.742. The number of hydrogen-bond donors (Lipinski definition) is 2. The lowest BCUT2D eigenvalue weighted by atomic mass is 10.2. The van der Waals surface area contributed by atoms with E-state index in [-0.39, 0.29) is 11.0 Å². The molecule has 7 nitrogen and oxygen atoms in total. The number of aromatic carboxylic acids is 1. The number of aromatic nitrogens is 4. The first-order valence-corrected chi connectivity index (χ1v) is 5.84. The summed E-state index contributed by atoms with van der Waals surface area (Å²) in [7, 11) is 0. The summed E-state index contributed by atoms with van der Waals surface area (Å²) < 4.78 is 1.49. The van der Waals surface area contributed by atoms with Gasteiger partial charge in [0.15, 0.2) is 16.9 Å². The molecule has 3 aromatic heterocycles. The van der Waals surface area contributed by atoms with E-state index >= 15 is 0 Å². The van der Waals surface area contributed by atoms with Crippen molar-refractivity contribution in [1.82, 2.24) is 19.6 Å². The van der Waals surface area contributed by atoms with E-state index < -0.39 is 5.97 Å². The van der Waals surface area contributed by atoms with Crippen molar-refractivity contribution < 1.29 is 9.90 Å². The van der Waals surface area contributed by atoms with Crippen LogP contribution in [0.15, 0.2) is 35.4 Å². The van der Waals surface area contributed by atoms with Crippen LogP contribution in [0, 0.1) is 6.92 Å². The fraction of sp³-hybridized carbons (Fsp3) is 0.0769. The van der Waals surface area contributed by atoms with E-state index in [1.165, 1.54) is 22.7 Å². The second-order valence-electron chi connectivity index (χ2n) is 4.37. The molecular weight excluding hydrogens is 260 g/mol. The lowest BCUT2D eigenvalue weighted by Gasteiger charge is -2.01. The van der Waals surface area contributed by atoms with Crippen molar-refractivity contribution in [2.75, 3.05) is 0 Å². The number of fused-ring (bicyclic) bond motifs is 1. The van der Waals surface area contributed by atoms with Gasteiger partial charge in [-0.2, -0.15) is 0 Å². The summed E-state index contributed by atoms with van der Waals surface area (Å²) in [4.78, 5) is 25.9. The molecule has 100 valence electrons. The SMILES string of the molecule is Cc1cc(=O)c(-c2nnc3ccc(C(=O)O)cn23)c[nH]1. The number of hydrogen-bond acceptors (Lipinski definition) is 4. The average molecular weight is 270 g/mol. The van der Waals surface area contributed by atoms with Crippen LogP contribution in [0.25, 0.3) is 17.0 Å². The number of pyridine rings is 2. The number of aryl methyl sites for hydroxylation is 1. The molecule has 0 unspecified atom stereocenters. The number of rotatable bonds is 2. The van der Waals surface area contributed by atoms with Gasteiger partial charge in [-0.3, -0.25) is 9.20 Å². The predicted molar refractivity (Wildman–Crippen MR) is 70.7 cm³/mol. The largest absolute Gasteiger partial charge is 0.478 e. The van der Waals surface area contributed by atoms with Gasteiger partial charge in [0, 0.05) is 24.2 Å². The van der Waals surface area contributed by atoms with E-state index in [2.05, 4.69) is 15.2 Å². The number of carbonyl (C=O) groups is 1. The quantitative estimate of drug-likeness (QED) is 0.726. The monoisotopic (exact) mass is 270 g/mol. The van der Waals surface area contributed by atoms with Crippen molar-refractivity contribution in [1.29, 1.82) is 0 Å². The average Bonchev–Trinajstić information content (AvgIpc) is 2.81. The normalized spacial score (nSPS) is 10.8. The molecule has 0 saturated heterocycles. The van der Waals surface area contributed by atoms with Gasteiger partial charge in [0.2, 0.25) is 0 Å². The Bertz CT molecular complexity index is 879. The lowest BCUT2D eigenvalue weighted by molar-refractivity contribution is 0.0696. The van der Waals surface area contributed by atoms with E-state index in [0.717, 1.165) is 5.69 Å². The zero-order valence-corrected chi connectivity index (χ0v) is 10.5. The van der Waals surface area contributed by atoms with Crippen LogP contribution >= 0.6 is 0 Å². The van der Waals surface area contributed by atoms with Crippen molar-refractivity contribution in [3.63, 3.8) is 0 Å². The van der Waals surface area contributed by atoms with E-state index in [9.17, 15) is 9.59 Å². The van der Waals surface area contributed by atoms with Crippen LogP contribution < -0.4 is 5.43 Å². The molecule has 0 aromatic carbocycles. The fourth-order valence-corrected chi connectivity index (χ4v) is 1.95. The first-order chi connectivity index (χ1) is 9.56. The molecule has 0 bridgehead atoms. The molecule has 0 fully saturated rings. The Balaban J connectivity index is 2.28. The summed E-state index contributed by atoms with van der Waals surface area (Å²) in [6, 6.07) is 4.44. The van der Waals surface area contributed by atoms with Crippen LogP contribution in [0.5, 0.6) is 0 Å². The summed E-state index contributed by atoms with van der Waals surface area (Å²) in [6.07, 6.45) is 2.94. The molecule has 0 aliphatic rings. The van der Waals surface area contributed by atoms with Gasteiger partial charge in [-0.15, -0.1) is 10.2 Å². The molecular formula is C13H10N4O3. The van der Waals surface area contributed by atoms with E-state index in [4.69, 9.17) is 5.11 Å². The maximum atomic E-state index is 12.0. The maximum absolute atomic E-state index is 12.0. The Hall–Kier alpha value is -2.96. The summed E-state index contributed by atoms with van der Waals surface area (Å²) in [5, 5.41) is 16.9. The van der Waals surface area contributed by atoms with Crippen LogP contribution in [-0.4, -0.2) is 30.7 Å². The third-order valence-electron chi connectivity index (χ3n) is 2.95. The third-order valence-corrected chi connectivity index (χ3v) is 2.95. The Labute approximate surface area is 112 Å². The second kappa shape index (κ2) is 4.30. The van der Waals surface area contributed by atoms with E-state index in [1.54, 1.807) is 19.2 Å². The highest BCUT2D eigenvalue weighted by Gasteiger charge is 2.13. The van der Waals surface area contributed by atoms with Gasteiger partial charge in [-0.1, -0.05) is 0 Å². The van der Waals surface area contributed by atoms with Crippen molar-refractivity contribution in [3.05, 3.63) is 52.1 Å². The summed E-state index contributed by atoms with van der Waals surface area (Å²) in [6.45, 7) is 1.77. The van der Waals surface area contributed by atoms with Gasteiger partial charge in [0.25, 0.3) is 0 Å². The smallest absolute Gasteiger partial charge is 0.337 e. The first kappa shape index (κ1) is 12.1. The molecule has 0 atom stereocenters. The number of aromatic amines is 1. The van der Waals surface area contributed by atoms with Gasteiger partial charge >= 0.3 is 5.97 Å². The molecule has 0 spiro atoms. The second-order valence-corrected chi connectivity index (χ2v) is 4.37. The number of nitrogens with one attached hydrogen (secondary N) is 1. The fourth-order valence-electron chi connectivity index (χ4n) is 1.95. The first-order valence-electron chi connectivity index (χ1n) is 5.84. The number of H-pyrrole nitrogens is 1. The van der Waals surface area contributed by atoms with Crippen LogP contribution in [0.3, 0.4) is 0 Å². The zero-order chi connectivity index (χ0) is 14.3. The van der Waals surface area contributed by atoms with Crippen molar-refractivity contribution in [2.24, 2.45) is 0 Å². The molecule has 2 N–H and O–H groups in total. The van der Waals surface area contributed by atoms with Gasteiger partial charge in [-0.05, 0) is 19.1 Å². The minimum Gasteiger partial charge on any atom is -0.478 e. The summed E-state index contributed by atoms with van der Waals surface area (Å²) >= 11 is 0. The molecule has 3 rings (SSSR count). The van der Waals surface area contributed by atoms with Gasteiger partial charge in [-0.25, -0.2) is 4.79 Å². The third kappa shape index (κ3) is 1.85. The molecule has 0 amide bonds. The maximum Gasteiger partial charge on any atom is 0.337 e. The molecule has 7 heteroatoms. The van der Waals surface area contributed by atoms with Crippen LogP contribution in [0.1, 0.15) is 16.1 Å². The van der Waals surface area contributed by atoms with Gasteiger partial charge in [0.1, 0.15) is 0 Å². The van der Waals surface area contributed by atoms with E-state index in [1.807, 2.05) is 0 Å². The highest BCUT2D eigenvalue weighted by molar-refractivity contribution is 5.87. The predicted octanol–water partition coefficient (Wildman–Crippen LogP) is 1.09. The molecule has 20 heavy (non-hydrogen) atoms. The molecule has 3 aromatic rings. The Kier molecular flexibility index (Phi) is 2.60. The minimum atomic E-state index is -1.05. The molecule has 0 saturated carbocycles. The number of carboxylic acids is 1. The van der Waals surface area contributed by atoms with E-state index in [0.29, 0.717) is 17.0 Å². The highest BCUT2D eigenvalue weighted by Crippen LogP contribution is 2.15. The minimum absolute atomic E-state index is 0.0992. The van der Waals surface area contributed by atoms with Gasteiger partial charge in [0.05, 0.1) is 11.1 Å². The van der Waals surface area contributed by atoms with Crippen LogP contribution in [-0.2, 0) is 0 Å². The number of carboxylic acid groups (broad SMARTS) is 1. The topological polar surface area (TPSA) is 100 Å². The Morgan fingerprint density at radius 3 is 2.85 bits per heavy atom. The van der Waals surface area contributed by atoms with Gasteiger partial charge < -0.3 is 10.1 Å². The lowest BCUT2D eigenvalue weighted by Crippen LogP contribution is -2.08. The molecule has 0 radical (unpaired) electrons. The molecule has 3 heterocycles. The highest BCUT2D eigenvalue weighted by atomic mass is 16.4. The number of nitrogens with zero attached hydrogens (tertiary/aromatic N) is 3. The summed E-state index contributed by atoms with van der Waals surface area (Å²) in [5.41, 5.74) is 1.45. The van der Waals surface area contributed by atoms with Crippen molar-refractivity contribution in [2.45, 2.75) is 6.92 Å². The standard InChI is InChI=1S/C13H10N4O3/c1-7-4-10(18)9(5-14-7)12-16-15-11-3-2-8(13(19)20)6-17(11)12/h2-6H,1H3,(H,14,18)(H,19,20).